The average Bonchev–Trinajstić information content (AvgIpc) is 2.81. The first kappa shape index (κ1) is 27.5. The van der Waals surface area contributed by atoms with E-state index < -0.39 is 17.9 Å². The molecule has 0 atom stereocenters. The number of benzene rings is 2. The van der Waals surface area contributed by atoms with E-state index in [1.165, 1.54) is 7.11 Å². The minimum absolute atomic E-state index is 0. The highest BCUT2D eigenvalue weighted by Crippen LogP contribution is 2.34. The summed E-state index contributed by atoms with van der Waals surface area (Å²) < 4.78 is 22.7. The van der Waals surface area contributed by atoms with Crippen LogP contribution in [0.15, 0.2) is 42.6 Å². The second-order valence-electron chi connectivity index (χ2n) is 7.86. The Bertz CT molecular complexity index is 1180. The standard InChI is InChI=1S/C25H27NO8.ClH/c1-14(2)34-23-16(12-26-21-8-7-17(31-3)10-19(21)23)13-33-22-11-18(32-4)6-5-15(22)9-20(24(27)28)25(29)30;/h5-8,10-12,14,20H,9,13H2,1-4H3,(H,27,28)(H,29,30);1H. The Morgan fingerprint density at radius 1 is 0.943 bits per heavy atom. The van der Waals surface area contributed by atoms with Gasteiger partial charge < -0.3 is 29.2 Å². The zero-order valence-corrected chi connectivity index (χ0v) is 20.6. The van der Waals surface area contributed by atoms with Crippen molar-refractivity contribution in [1.29, 1.82) is 0 Å². The van der Waals surface area contributed by atoms with Crippen LogP contribution in [0, 0.1) is 5.92 Å². The van der Waals surface area contributed by atoms with E-state index in [2.05, 4.69) is 4.98 Å². The van der Waals surface area contributed by atoms with Crippen molar-refractivity contribution >= 4 is 35.2 Å². The van der Waals surface area contributed by atoms with Gasteiger partial charge in [0.15, 0.2) is 5.92 Å². The topological polar surface area (TPSA) is 124 Å². The molecule has 0 spiro atoms. The highest BCUT2D eigenvalue weighted by Gasteiger charge is 2.27. The van der Waals surface area contributed by atoms with Crippen molar-refractivity contribution in [2.24, 2.45) is 5.92 Å². The Balaban J connectivity index is 0.00000432. The number of hydrogen-bond acceptors (Lipinski definition) is 7. The summed E-state index contributed by atoms with van der Waals surface area (Å²) in [4.78, 5) is 27.3. The second kappa shape index (κ2) is 12.1. The van der Waals surface area contributed by atoms with E-state index in [1.807, 2.05) is 32.0 Å². The van der Waals surface area contributed by atoms with Crippen LogP contribution in [-0.4, -0.2) is 47.5 Å². The van der Waals surface area contributed by atoms with E-state index in [1.54, 1.807) is 31.5 Å². The summed E-state index contributed by atoms with van der Waals surface area (Å²) in [5.41, 5.74) is 1.82. The Labute approximate surface area is 209 Å². The van der Waals surface area contributed by atoms with Gasteiger partial charge in [0.1, 0.15) is 29.6 Å². The molecule has 3 rings (SSSR count). The molecular weight excluding hydrogens is 478 g/mol. The van der Waals surface area contributed by atoms with Gasteiger partial charge in [-0.1, -0.05) is 6.07 Å². The fourth-order valence-electron chi connectivity index (χ4n) is 3.41. The molecule has 0 unspecified atom stereocenters. The Morgan fingerprint density at radius 3 is 2.17 bits per heavy atom. The van der Waals surface area contributed by atoms with Crippen LogP contribution in [0.3, 0.4) is 0 Å². The van der Waals surface area contributed by atoms with Crippen molar-refractivity contribution in [3.05, 3.63) is 53.7 Å². The molecule has 1 aromatic heterocycles. The number of aromatic nitrogens is 1. The van der Waals surface area contributed by atoms with Gasteiger partial charge in [-0.2, -0.15) is 0 Å². The third-order valence-corrected chi connectivity index (χ3v) is 5.13. The number of pyridine rings is 1. The van der Waals surface area contributed by atoms with Crippen molar-refractivity contribution in [2.45, 2.75) is 33.0 Å². The Hall–Kier alpha value is -3.72. The number of aliphatic carboxylic acids is 2. The van der Waals surface area contributed by atoms with E-state index in [0.29, 0.717) is 34.1 Å². The molecule has 2 aromatic carbocycles. The van der Waals surface area contributed by atoms with Gasteiger partial charge in [-0.25, -0.2) is 0 Å². The number of fused-ring (bicyclic) bond motifs is 1. The van der Waals surface area contributed by atoms with Crippen molar-refractivity contribution in [3.8, 4) is 23.0 Å². The van der Waals surface area contributed by atoms with E-state index in [4.69, 9.17) is 18.9 Å². The molecule has 0 amide bonds. The first-order chi connectivity index (χ1) is 16.2. The lowest BCUT2D eigenvalue weighted by atomic mass is 9.98. The quantitative estimate of drug-likeness (QED) is 0.365. The highest BCUT2D eigenvalue weighted by molar-refractivity contribution is 5.93. The summed E-state index contributed by atoms with van der Waals surface area (Å²) in [7, 11) is 3.07. The molecular formula is C25H28ClNO8. The van der Waals surface area contributed by atoms with Gasteiger partial charge >= 0.3 is 11.9 Å². The summed E-state index contributed by atoms with van der Waals surface area (Å²) in [6.45, 7) is 3.87. The molecule has 10 heteroatoms. The van der Waals surface area contributed by atoms with Crippen molar-refractivity contribution in [2.75, 3.05) is 14.2 Å². The third-order valence-electron chi connectivity index (χ3n) is 5.13. The van der Waals surface area contributed by atoms with Gasteiger partial charge in [-0.05, 0) is 50.1 Å². The van der Waals surface area contributed by atoms with Gasteiger partial charge in [-0.3, -0.25) is 14.6 Å². The number of hydrogen-bond donors (Lipinski definition) is 2. The molecule has 1 heterocycles. The maximum absolute atomic E-state index is 11.4. The first-order valence-corrected chi connectivity index (χ1v) is 10.6. The largest absolute Gasteiger partial charge is 0.497 e. The molecule has 0 radical (unpaired) electrons. The summed E-state index contributed by atoms with van der Waals surface area (Å²) >= 11 is 0. The molecule has 9 nitrogen and oxygen atoms in total. The van der Waals surface area contributed by atoms with Gasteiger partial charge in [0, 0.05) is 17.6 Å². The number of carbonyl (C=O) groups is 2. The van der Waals surface area contributed by atoms with Crippen LogP contribution in [0.2, 0.25) is 0 Å². The first-order valence-electron chi connectivity index (χ1n) is 10.6. The lowest BCUT2D eigenvalue weighted by Crippen LogP contribution is -2.25. The molecule has 0 aliphatic heterocycles. The van der Waals surface area contributed by atoms with Crippen molar-refractivity contribution in [3.63, 3.8) is 0 Å². The minimum Gasteiger partial charge on any atom is -0.497 e. The number of halogens is 1. The number of methoxy groups -OCH3 is 2. The zero-order chi connectivity index (χ0) is 24.8. The van der Waals surface area contributed by atoms with E-state index >= 15 is 0 Å². The second-order valence-corrected chi connectivity index (χ2v) is 7.86. The zero-order valence-electron chi connectivity index (χ0n) is 19.8. The van der Waals surface area contributed by atoms with Crippen molar-refractivity contribution in [1.82, 2.24) is 4.98 Å². The molecule has 0 aliphatic carbocycles. The maximum atomic E-state index is 11.4. The lowest BCUT2D eigenvalue weighted by molar-refractivity contribution is -0.154. The SMILES string of the molecule is COc1ccc(CC(C(=O)O)C(=O)O)c(OCc2cnc3ccc(OC)cc3c2OC(C)C)c1.Cl. The molecule has 2 N–H and O–H groups in total. The number of carboxylic acids is 2. The highest BCUT2D eigenvalue weighted by atomic mass is 35.5. The number of rotatable bonds is 11. The molecule has 0 aliphatic rings. The average molecular weight is 506 g/mol. The van der Waals surface area contributed by atoms with E-state index in [0.717, 1.165) is 10.9 Å². The van der Waals surface area contributed by atoms with Crippen LogP contribution >= 0.6 is 12.4 Å². The van der Waals surface area contributed by atoms with E-state index in [9.17, 15) is 19.8 Å². The normalized spacial score (nSPS) is 10.7. The fourth-order valence-corrected chi connectivity index (χ4v) is 3.41. The van der Waals surface area contributed by atoms with Crippen LogP contribution in [0.25, 0.3) is 10.9 Å². The Kier molecular flexibility index (Phi) is 9.53. The molecule has 188 valence electrons. The Morgan fingerprint density at radius 2 is 1.57 bits per heavy atom. The third kappa shape index (κ3) is 6.66. The number of carboxylic acid groups (broad SMARTS) is 2. The summed E-state index contributed by atoms with van der Waals surface area (Å²) in [6, 6.07) is 10.3. The van der Waals surface area contributed by atoms with Crippen LogP contribution in [0.5, 0.6) is 23.0 Å². The van der Waals surface area contributed by atoms with Gasteiger partial charge in [-0.15, -0.1) is 12.4 Å². The van der Waals surface area contributed by atoms with Crippen LogP contribution in [-0.2, 0) is 22.6 Å². The maximum Gasteiger partial charge on any atom is 0.318 e. The minimum atomic E-state index is -1.61. The van der Waals surface area contributed by atoms with Crippen molar-refractivity contribution < 1.29 is 38.7 Å². The van der Waals surface area contributed by atoms with Gasteiger partial charge in [0.25, 0.3) is 0 Å². The fraction of sp³-hybridized carbons (Fsp3) is 0.320. The molecule has 0 saturated heterocycles. The van der Waals surface area contributed by atoms with Crippen LogP contribution in [0.1, 0.15) is 25.0 Å². The molecule has 3 aromatic rings. The number of nitrogens with zero attached hydrogens (tertiary/aromatic N) is 1. The summed E-state index contributed by atoms with van der Waals surface area (Å²) in [5, 5.41) is 19.3. The van der Waals surface area contributed by atoms with Crippen LogP contribution in [0.4, 0.5) is 0 Å². The molecule has 0 saturated carbocycles. The summed E-state index contributed by atoms with van der Waals surface area (Å²) in [6.07, 6.45) is 1.30. The molecule has 35 heavy (non-hydrogen) atoms. The van der Waals surface area contributed by atoms with E-state index in [-0.39, 0.29) is 31.5 Å². The lowest BCUT2D eigenvalue weighted by Gasteiger charge is -2.19. The number of ether oxygens (including phenoxy) is 4. The molecule has 0 bridgehead atoms. The van der Waals surface area contributed by atoms with Crippen LogP contribution < -0.4 is 18.9 Å². The van der Waals surface area contributed by atoms with Gasteiger partial charge in [0.05, 0.1) is 31.4 Å². The monoisotopic (exact) mass is 505 g/mol. The summed E-state index contributed by atoms with van der Waals surface area (Å²) in [5.74, 6) is -2.40. The van der Waals surface area contributed by atoms with Gasteiger partial charge in [0.2, 0.25) is 0 Å². The predicted molar refractivity (Wildman–Crippen MR) is 131 cm³/mol. The molecule has 0 fully saturated rings. The predicted octanol–water partition coefficient (Wildman–Crippen LogP) is 4.37. The smallest absolute Gasteiger partial charge is 0.318 e.